The van der Waals surface area contributed by atoms with Crippen molar-refractivity contribution in [1.82, 2.24) is 4.57 Å². The molecular formula is C80H62BN3O. The Morgan fingerprint density at radius 1 is 0.388 bits per heavy atom. The minimum absolute atomic E-state index is 0.162. The van der Waals surface area contributed by atoms with Crippen molar-refractivity contribution in [2.75, 3.05) is 9.80 Å². The summed E-state index contributed by atoms with van der Waals surface area (Å²) in [6.45, 7) is 9.27. The zero-order chi connectivity index (χ0) is 56.9. The lowest BCUT2D eigenvalue weighted by molar-refractivity contribution is 0.590. The summed E-state index contributed by atoms with van der Waals surface area (Å²) in [5.74, 6) is 0. The maximum absolute atomic E-state index is 6.94. The van der Waals surface area contributed by atoms with E-state index in [4.69, 9.17) is 4.42 Å². The maximum atomic E-state index is 6.94. The molecule has 0 amide bonds. The number of rotatable bonds is 10. The average molecular weight is 1090 g/mol. The number of anilines is 6. The van der Waals surface area contributed by atoms with Crippen molar-refractivity contribution in [1.29, 1.82) is 0 Å². The van der Waals surface area contributed by atoms with Gasteiger partial charge in [0, 0.05) is 67.2 Å². The molecule has 12 aromatic carbocycles. The van der Waals surface area contributed by atoms with E-state index >= 15 is 0 Å². The maximum Gasteiger partial charge on any atom is 0.252 e. The number of aryl methyl sites for hydroxylation is 1. The highest BCUT2D eigenvalue weighted by molar-refractivity contribution is 7.00. The van der Waals surface area contributed by atoms with Crippen molar-refractivity contribution in [3.8, 4) is 50.2 Å². The van der Waals surface area contributed by atoms with Gasteiger partial charge in [0.25, 0.3) is 6.71 Å². The van der Waals surface area contributed by atoms with Crippen LogP contribution >= 0.6 is 0 Å². The van der Waals surface area contributed by atoms with Crippen LogP contribution in [0.1, 0.15) is 51.7 Å². The van der Waals surface area contributed by atoms with Crippen LogP contribution in [0, 0.1) is 0 Å². The Bertz CT molecular complexity index is 4810. The monoisotopic (exact) mass is 1090 g/mol. The van der Waals surface area contributed by atoms with E-state index in [-0.39, 0.29) is 12.1 Å². The fourth-order valence-corrected chi connectivity index (χ4v) is 14.0. The number of para-hydroxylation sites is 3. The molecule has 0 saturated heterocycles. The summed E-state index contributed by atoms with van der Waals surface area (Å²) < 4.78 is 9.42. The number of furan rings is 1. The molecule has 0 fully saturated rings. The van der Waals surface area contributed by atoms with Crippen molar-refractivity contribution in [3.63, 3.8) is 0 Å². The summed E-state index contributed by atoms with van der Waals surface area (Å²) in [5.41, 5.74) is 27.7. The van der Waals surface area contributed by atoms with Crippen LogP contribution in [-0.4, -0.2) is 11.3 Å². The summed E-state index contributed by atoms with van der Waals surface area (Å²) in [4.78, 5) is 5.33. The quantitative estimate of drug-likeness (QED) is 0.128. The fourth-order valence-electron chi connectivity index (χ4n) is 14.0. The number of fused-ring (bicyclic) bond motifs is 10. The van der Waals surface area contributed by atoms with Gasteiger partial charge in [-0.2, -0.15) is 0 Å². The second kappa shape index (κ2) is 20.1. The number of hydrogen-bond acceptors (Lipinski definition) is 3. The van der Waals surface area contributed by atoms with Gasteiger partial charge in [-0.25, -0.2) is 0 Å². The largest absolute Gasteiger partial charge is 0.456 e. The minimum Gasteiger partial charge on any atom is -0.456 e. The van der Waals surface area contributed by atoms with Gasteiger partial charge in [0.1, 0.15) is 11.2 Å². The first-order valence-corrected chi connectivity index (χ1v) is 30.2. The fraction of sp³-hybridized carbons (Fsp3) is 0.100. The van der Waals surface area contributed by atoms with E-state index in [0.29, 0.717) is 0 Å². The van der Waals surface area contributed by atoms with Crippen LogP contribution in [0.4, 0.5) is 34.1 Å². The molecule has 14 aromatic rings. The van der Waals surface area contributed by atoms with Crippen LogP contribution in [0.5, 0.6) is 0 Å². The van der Waals surface area contributed by atoms with Crippen LogP contribution < -0.4 is 26.2 Å². The minimum atomic E-state index is -0.254. The molecule has 2 aromatic heterocycles. The third kappa shape index (κ3) is 8.27. The number of hydrogen-bond donors (Lipinski definition) is 0. The van der Waals surface area contributed by atoms with Crippen molar-refractivity contribution in [3.05, 3.63) is 278 Å². The molecule has 0 bridgehead atoms. The van der Waals surface area contributed by atoms with Crippen LogP contribution in [0.15, 0.2) is 271 Å². The summed E-state index contributed by atoms with van der Waals surface area (Å²) in [6.07, 6.45) is 3.03. The van der Waals surface area contributed by atoms with Gasteiger partial charge in [-0.1, -0.05) is 228 Å². The highest BCUT2D eigenvalue weighted by Gasteiger charge is 2.46. The van der Waals surface area contributed by atoms with Gasteiger partial charge in [0.15, 0.2) is 0 Å². The van der Waals surface area contributed by atoms with Gasteiger partial charge in [-0.3, -0.25) is 0 Å². The van der Waals surface area contributed by atoms with Crippen LogP contribution in [0.2, 0.25) is 0 Å². The number of aromatic nitrogens is 1. The first-order chi connectivity index (χ1) is 41.8. The predicted octanol–water partition coefficient (Wildman–Crippen LogP) is 20.1. The molecule has 0 spiro atoms. The normalized spacial score (nSPS) is 12.8. The smallest absolute Gasteiger partial charge is 0.252 e. The van der Waals surface area contributed by atoms with Crippen molar-refractivity contribution in [2.24, 2.45) is 0 Å². The average Bonchev–Trinajstić information content (AvgIpc) is 2.29. The van der Waals surface area contributed by atoms with E-state index in [1.807, 2.05) is 0 Å². The van der Waals surface area contributed by atoms with E-state index in [9.17, 15) is 0 Å². The van der Waals surface area contributed by atoms with Gasteiger partial charge in [0.05, 0.1) is 22.4 Å². The Balaban J connectivity index is 1.07. The highest BCUT2D eigenvalue weighted by atomic mass is 16.3. The van der Waals surface area contributed by atoms with Gasteiger partial charge in [-0.05, 0) is 146 Å². The first-order valence-electron chi connectivity index (χ1n) is 30.2. The zero-order valence-corrected chi connectivity index (χ0v) is 48.4. The van der Waals surface area contributed by atoms with Gasteiger partial charge < -0.3 is 18.8 Å². The molecule has 2 aliphatic rings. The summed E-state index contributed by atoms with van der Waals surface area (Å²) in [6, 6.07) is 99.7. The molecule has 0 saturated carbocycles. The van der Waals surface area contributed by atoms with Gasteiger partial charge in [-0.15, -0.1) is 0 Å². The van der Waals surface area contributed by atoms with E-state index < -0.39 is 0 Å². The second-order valence-electron chi connectivity index (χ2n) is 24.2. The van der Waals surface area contributed by atoms with E-state index in [2.05, 4.69) is 309 Å². The molecule has 0 radical (unpaired) electrons. The third-order valence-electron chi connectivity index (χ3n) is 18.1. The van der Waals surface area contributed by atoms with Crippen LogP contribution in [-0.2, 0) is 11.8 Å². The Morgan fingerprint density at radius 2 is 0.941 bits per heavy atom. The van der Waals surface area contributed by atoms with Gasteiger partial charge in [0.2, 0.25) is 0 Å². The predicted molar refractivity (Wildman–Crippen MR) is 361 cm³/mol. The lowest BCUT2D eigenvalue weighted by Crippen LogP contribution is -2.61. The molecule has 406 valence electrons. The van der Waals surface area contributed by atoms with Crippen LogP contribution in [0.25, 0.3) is 93.9 Å². The molecular weight excluding hydrogens is 1030 g/mol. The number of nitrogens with zero attached hydrogens (tertiary/aromatic N) is 3. The summed E-state index contributed by atoms with van der Waals surface area (Å²) in [5, 5.41) is 4.78. The topological polar surface area (TPSA) is 24.6 Å². The standard InChI is InChI=1S/C80H62BN3O/c1-5-6-25-57-44-66-63-36-21-24-39-76(63)85-77(66)51-72(57)83-73-50-60(82-69-37-22-19-34-61(69)62-35-20-23-38-70(62)82)41-42-67(73)81-68-47-56(52-26-11-7-12-27-52)40-43-71(68)84(75-49-59(80(2,3)4)48-74(83)78(75)81)79-64(54-30-15-9-16-31-54)45-58(53-28-13-8-14-29-53)46-65(79)55-32-17-10-18-33-55/h7-24,26-51H,5-6,25H2,1-4H3. The zero-order valence-electron chi connectivity index (χ0n) is 48.4. The second-order valence-corrected chi connectivity index (χ2v) is 24.2. The SMILES string of the molecule is CCCCc1cc2c(cc1N1c3cc(-n4c5ccccc5c5ccccc54)ccc3B3c4cc(-c5ccccc5)ccc4N(c4c(-c5ccccc5)cc(-c5ccccc5)cc4-c4ccccc4)c4cc(C(C)(C)C)cc1c43)oc1ccccc12. The Morgan fingerprint density at radius 3 is 1.55 bits per heavy atom. The lowest BCUT2D eigenvalue weighted by atomic mass is 9.33. The Kier molecular flexibility index (Phi) is 12.0. The molecule has 16 rings (SSSR count). The Hall–Kier alpha value is -10.1. The lowest BCUT2D eigenvalue weighted by Gasteiger charge is -2.46. The molecule has 0 aliphatic carbocycles. The molecule has 4 nitrogen and oxygen atoms in total. The molecule has 5 heteroatoms. The molecule has 0 atom stereocenters. The third-order valence-corrected chi connectivity index (χ3v) is 18.1. The first kappa shape index (κ1) is 50.6. The number of unbranched alkanes of at least 4 members (excludes halogenated alkanes) is 1. The van der Waals surface area contributed by atoms with Crippen LogP contribution in [0.3, 0.4) is 0 Å². The van der Waals surface area contributed by atoms with Crippen molar-refractivity contribution >= 4 is 101 Å². The van der Waals surface area contributed by atoms with E-state index in [0.717, 1.165) is 91.9 Å². The van der Waals surface area contributed by atoms with Crippen molar-refractivity contribution < 1.29 is 4.42 Å². The summed E-state index contributed by atoms with van der Waals surface area (Å²) in [7, 11) is 0. The highest BCUT2D eigenvalue weighted by Crippen LogP contribution is 2.53. The Labute approximate surface area is 497 Å². The molecule has 0 N–H and O–H groups in total. The van der Waals surface area contributed by atoms with Crippen molar-refractivity contribution in [2.45, 2.75) is 52.4 Å². The summed E-state index contributed by atoms with van der Waals surface area (Å²) >= 11 is 0. The van der Waals surface area contributed by atoms with E-state index in [1.165, 1.54) is 82.9 Å². The molecule has 2 aliphatic heterocycles. The molecule has 4 heterocycles. The van der Waals surface area contributed by atoms with Gasteiger partial charge >= 0.3 is 0 Å². The number of benzene rings is 12. The molecule has 85 heavy (non-hydrogen) atoms. The van der Waals surface area contributed by atoms with E-state index in [1.54, 1.807) is 0 Å². The molecule has 0 unspecified atom stereocenters.